The van der Waals surface area contributed by atoms with Gasteiger partial charge < -0.3 is 11.1 Å². The number of nitrogens with one attached hydrogen (secondary N) is 1. The first-order valence-corrected chi connectivity index (χ1v) is 7.33. The summed E-state index contributed by atoms with van der Waals surface area (Å²) in [5.74, 6) is 0.490. The standard InChI is InChI=1S/C16H26N4.HI/c1-11-5-6-14(9-12(11)2)19-16(17)18-10-13(3)20(4)15-7-8-15;/h5-6,9,13,15H,7-8,10H2,1-4H3,(H3,17,18,19);1H. The number of nitrogens with two attached hydrogens (primary N) is 1. The van der Waals surface area contributed by atoms with Crippen LogP contribution in [0.15, 0.2) is 23.2 Å². The molecule has 2 rings (SSSR count). The molecule has 1 aromatic carbocycles. The van der Waals surface area contributed by atoms with Gasteiger partial charge in [0.05, 0.1) is 6.54 Å². The van der Waals surface area contributed by atoms with Crippen molar-refractivity contribution in [2.24, 2.45) is 10.7 Å². The van der Waals surface area contributed by atoms with Crippen LogP contribution in [0.5, 0.6) is 0 Å². The summed E-state index contributed by atoms with van der Waals surface area (Å²) in [6, 6.07) is 7.41. The summed E-state index contributed by atoms with van der Waals surface area (Å²) in [5.41, 5.74) is 9.49. The number of hydrogen-bond acceptors (Lipinski definition) is 2. The monoisotopic (exact) mass is 402 g/mol. The Hall–Kier alpha value is -0.820. The first kappa shape index (κ1) is 18.2. The minimum atomic E-state index is 0. The zero-order chi connectivity index (χ0) is 14.7. The second-order valence-corrected chi connectivity index (χ2v) is 5.90. The molecule has 0 amide bonds. The van der Waals surface area contributed by atoms with Crippen LogP contribution >= 0.6 is 24.0 Å². The molecule has 3 N–H and O–H groups in total. The Morgan fingerprint density at radius 3 is 2.62 bits per heavy atom. The van der Waals surface area contributed by atoms with E-state index < -0.39 is 0 Å². The summed E-state index contributed by atoms with van der Waals surface area (Å²) in [7, 11) is 2.17. The fourth-order valence-electron chi connectivity index (χ4n) is 2.21. The lowest BCUT2D eigenvalue weighted by Crippen LogP contribution is -2.34. The molecule has 5 heteroatoms. The molecular weight excluding hydrogens is 375 g/mol. The molecule has 4 nitrogen and oxygen atoms in total. The van der Waals surface area contributed by atoms with Crippen molar-refractivity contribution >= 4 is 35.6 Å². The van der Waals surface area contributed by atoms with E-state index in [9.17, 15) is 0 Å². The molecule has 0 radical (unpaired) electrons. The largest absolute Gasteiger partial charge is 0.370 e. The minimum Gasteiger partial charge on any atom is -0.370 e. The molecule has 1 saturated carbocycles. The molecule has 0 saturated heterocycles. The Bertz CT molecular complexity index is 497. The summed E-state index contributed by atoms with van der Waals surface area (Å²) in [6.45, 7) is 7.13. The zero-order valence-corrected chi connectivity index (χ0v) is 15.7. The second-order valence-electron chi connectivity index (χ2n) is 5.90. The summed E-state index contributed by atoms with van der Waals surface area (Å²) in [5, 5.41) is 3.16. The number of halogens is 1. The highest BCUT2D eigenvalue weighted by Crippen LogP contribution is 2.26. The van der Waals surface area contributed by atoms with Gasteiger partial charge in [0, 0.05) is 17.8 Å². The van der Waals surface area contributed by atoms with E-state index in [2.05, 4.69) is 55.2 Å². The lowest BCUT2D eigenvalue weighted by Gasteiger charge is -2.22. The van der Waals surface area contributed by atoms with Gasteiger partial charge in [0.2, 0.25) is 0 Å². The van der Waals surface area contributed by atoms with Crippen LogP contribution in [-0.4, -0.2) is 36.5 Å². The third-order valence-corrected chi connectivity index (χ3v) is 4.12. The topological polar surface area (TPSA) is 53.6 Å². The molecule has 0 aromatic heterocycles. The predicted octanol–water partition coefficient (Wildman–Crippen LogP) is 3.13. The number of aliphatic imine (C=N–C) groups is 1. The van der Waals surface area contributed by atoms with Crippen LogP contribution < -0.4 is 11.1 Å². The first-order valence-electron chi connectivity index (χ1n) is 7.33. The third kappa shape index (κ3) is 5.47. The van der Waals surface area contributed by atoms with E-state index >= 15 is 0 Å². The minimum absolute atomic E-state index is 0. The first-order chi connectivity index (χ1) is 9.47. The highest BCUT2D eigenvalue weighted by molar-refractivity contribution is 14.0. The van der Waals surface area contributed by atoms with E-state index in [1.165, 1.54) is 24.0 Å². The number of aryl methyl sites for hydroxylation is 2. The number of benzene rings is 1. The van der Waals surface area contributed by atoms with Crippen LogP contribution in [-0.2, 0) is 0 Å². The van der Waals surface area contributed by atoms with Gasteiger partial charge >= 0.3 is 0 Å². The van der Waals surface area contributed by atoms with Gasteiger partial charge in [-0.05, 0) is 63.9 Å². The van der Waals surface area contributed by atoms with Crippen LogP contribution in [0.4, 0.5) is 5.69 Å². The van der Waals surface area contributed by atoms with Crippen molar-refractivity contribution in [2.75, 3.05) is 18.9 Å². The zero-order valence-electron chi connectivity index (χ0n) is 13.4. The fraction of sp³-hybridized carbons (Fsp3) is 0.562. The maximum Gasteiger partial charge on any atom is 0.193 e. The average Bonchev–Trinajstić information content (AvgIpc) is 3.24. The van der Waals surface area contributed by atoms with Gasteiger partial charge in [-0.2, -0.15) is 0 Å². The number of likely N-dealkylation sites (N-methyl/N-ethyl adjacent to an activating group) is 1. The van der Waals surface area contributed by atoms with Gasteiger partial charge in [0.25, 0.3) is 0 Å². The highest BCUT2D eigenvalue weighted by atomic mass is 127. The summed E-state index contributed by atoms with van der Waals surface area (Å²) < 4.78 is 0. The molecule has 1 atom stereocenters. The van der Waals surface area contributed by atoms with Gasteiger partial charge in [0.1, 0.15) is 0 Å². The molecule has 1 aliphatic rings. The van der Waals surface area contributed by atoms with Crippen molar-refractivity contribution in [1.29, 1.82) is 0 Å². The molecule has 1 unspecified atom stereocenters. The Morgan fingerprint density at radius 2 is 2.05 bits per heavy atom. The van der Waals surface area contributed by atoms with Gasteiger partial charge in [0.15, 0.2) is 5.96 Å². The van der Waals surface area contributed by atoms with Crippen molar-refractivity contribution in [3.05, 3.63) is 29.3 Å². The number of hydrogen-bond donors (Lipinski definition) is 2. The highest BCUT2D eigenvalue weighted by Gasteiger charge is 2.28. The van der Waals surface area contributed by atoms with Crippen LogP contribution in [0.2, 0.25) is 0 Å². The van der Waals surface area contributed by atoms with Crippen molar-refractivity contribution in [2.45, 2.75) is 45.7 Å². The lowest BCUT2D eigenvalue weighted by molar-refractivity contribution is 0.253. The molecule has 1 aromatic rings. The van der Waals surface area contributed by atoms with Gasteiger partial charge in [-0.3, -0.25) is 9.89 Å². The number of anilines is 1. The Kier molecular flexibility index (Phi) is 6.93. The Labute approximate surface area is 145 Å². The Balaban J connectivity index is 0.00000220. The number of nitrogens with zero attached hydrogens (tertiary/aromatic N) is 2. The van der Waals surface area contributed by atoms with Gasteiger partial charge in [-0.15, -0.1) is 24.0 Å². The van der Waals surface area contributed by atoms with E-state index in [0.717, 1.165) is 18.3 Å². The van der Waals surface area contributed by atoms with E-state index in [4.69, 9.17) is 5.73 Å². The maximum atomic E-state index is 5.95. The molecule has 118 valence electrons. The van der Waals surface area contributed by atoms with Crippen molar-refractivity contribution in [1.82, 2.24) is 4.90 Å². The van der Waals surface area contributed by atoms with Gasteiger partial charge in [-0.25, -0.2) is 0 Å². The normalized spacial score (nSPS) is 16.5. The number of rotatable bonds is 5. The quantitative estimate of drug-likeness (QED) is 0.452. The summed E-state index contributed by atoms with van der Waals surface area (Å²) in [6.07, 6.45) is 2.64. The summed E-state index contributed by atoms with van der Waals surface area (Å²) in [4.78, 5) is 6.84. The molecule has 1 aliphatic carbocycles. The van der Waals surface area contributed by atoms with Crippen molar-refractivity contribution in [3.8, 4) is 0 Å². The van der Waals surface area contributed by atoms with Crippen LogP contribution in [0, 0.1) is 13.8 Å². The predicted molar refractivity (Wildman–Crippen MR) is 102 cm³/mol. The molecular formula is C16H27IN4. The van der Waals surface area contributed by atoms with Crippen LogP contribution in [0.3, 0.4) is 0 Å². The molecule has 0 heterocycles. The molecule has 0 bridgehead atoms. The van der Waals surface area contributed by atoms with E-state index in [0.29, 0.717) is 12.0 Å². The van der Waals surface area contributed by atoms with Crippen molar-refractivity contribution in [3.63, 3.8) is 0 Å². The number of guanidine groups is 1. The molecule has 0 spiro atoms. The Morgan fingerprint density at radius 1 is 1.38 bits per heavy atom. The van der Waals surface area contributed by atoms with E-state index in [1.54, 1.807) is 0 Å². The van der Waals surface area contributed by atoms with Crippen molar-refractivity contribution < 1.29 is 0 Å². The SMILES string of the molecule is Cc1ccc(NC(N)=NCC(C)N(C)C2CC2)cc1C.I. The molecule has 1 fully saturated rings. The smallest absolute Gasteiger partial charge is 0.193 e. The summed E-state index contributed by atoms with van der Waals surface area (Å²) >= 11 is 0. The third-order valence-electron chi connectivity index (χ3n) is 4.12. The van der Waals surface area contributed by atoms with E-state index in [-0.39, 0.29) is 24.0 Å². The lowest BCUT2D eigenvalue weighted by atomic mass is 10.1. The second kappa shape index (κ2) is 7.98. The fourth-order valence-corrected chi connectivity index (χ4v) is 2.21. The van der Waals surface area contributed by atoms with E-state index in [1.807, 2.05) is 6.07 Å². The molecule has 0 aliphatic heterocycles. The van der Waals surface area contributed by atoms with Gasteiger partial charge in [-0.1, -0.05) is 6.07 Å². The van der Waals surface area contributed by atoms with Crippen LogP contribution in [0.1, 0.15) is 30.9 Å². The van der Waals surface area contributed by atoms with Crippen LogP contribution in [0.25, 0.3) is 0 Å². The average molecular weight is 402 g/mol. The molecule has 21 heavy (non-hydrogen) atoms. The maximum absolute atomic E-state index is 5.95.